The number of rotatable bonds is 14. The number of amides is 4. The number of carboxylic acids is 3. The summed E-state index contributed by atoms with van der Waals surface area (Å²) in [7, 11) is 0. The highest BCUT2D eigenvalue weighted by molar-refractivity contribution is 5.96. The van der Waals surface area contributed by atoms with Crippen molar-refractivity contribution in [1.29, 1.82) is 0 Å². The molecule has 1 aromatic rings. The molecule has 0 unspecified atom stereocenters. The van der Waals surface area contributed by atoms with Gasteiger partial charge in [0, 0.05) is 6.54 Å². The molecule has 200 valence electrons. The van der Waals surface area contributed by atoms with E-state index in [0.717, 1.165) is 24.8 Å². The van der Waals surface area contributed by atoms with Crippen molar-refractivity contribution in [2.75, 3.05) is 26.2 Å². The first-order valence-corrected chi connectivity index (χ1v) is 10.9. The molecule has 0 bridgehead atoms. The van der Waals surface area contributed by atoms with Gasteiger partial charge in [0.25, 0.3) is 6.10 Å². The van der Waals surface area contributed by atoms with Crippen LogP contribution in [0, 0.1) is 6.92 Å². The summed E-state index contributed by atoms with van der Waals surface area (Å²) in [6, 6.07) is 5.78. The van der Waals surface area contributed by atoms with Crippen LogP contribution in [0.25, 0.3) is 0 Å². The fraction of sp³-hybridized carbons (Fsp3) is 0.455. The number of carbonyl (C=O) groups is 6. The van der Waals surface area contributed by atoms with E-state index in [1.54, 1.807) is 12.1 Å². The second-order valence-corrected chi connectivity index (χ2v) is 7.25. The van der Waals surface area contributed by atoms with Gasteiger partial charge in [-0.25, -0.2) is 14.4 Å². The SMILES string of the molecule is CCCCCNC(=O)CNC(=O)NCC(=O)NCC(=O)O.Cc1ccc(OC(C(=O)O)C(=O)O)cc1. The fourth-order valence-electron chi connectivity index (χ4n) is 2.24. The molecule has 0 heterocycles. The summed E-state index contributed by atoms with van der Waals surface area (Å²) < 4.78 is 4.79. The summed E-state index contributed by atoms with van der Waals surface area (Å²) in [5, 5.41) is 34.7. The van der Waals surface area contributed by atoms with Gasteiger partial charge in [0.2, 0.25) is 11.8 Å². The molecule has 0 saturated heterocycles. The molecule has 7 N–H and O–H groups in total. The van der Waals surface area contributed by atoms with E-state index in [1.807, 2.05) is 6.92 Å². The Balaban J connectivity index is 0.000000717. The van der Waals surface area contributed by atoms with E-state index in [0.29, 0.717) is 6.54 Å². The molecular formula is C22H32N4O10. The van der Waals surface area contributed by atoms with Gasteiger partial charge in [-0.05, 0) is 25.5 Å². The molecule has 0 fully saturated rings. The van der Waals surface area contributed by atoms with E-state index in [-0.39, 0.29) is 24.7 Å². The van der Waals surface area contributed by atoms with Crippen molar-refractivity contribution in [2.45, 2.75) is 39.2 Å². The number of nitrogens with one attached hydrogen (secondary N) is 4. The van der Waals surface area contributed by atoms with Crippen LogP contribution in [0.1, 0.15) is 31.7 Å². The number of carboxylic acid groups (broad SMARTS) is 3. The molecule has 0 radical (unpaired) electrons. The first kappa shape index (κ1) is 31.6. The Morgan fingerprint density at radius 1 is 0.778 bits per heavy atom. The second kappa shape index (κ2) is 18.0. The van der Waals surface area contributed by atoms with Crippen molar-refractivity contribution in [3.8, 4) is 5.75 Å². The summed E-state index contributed by atoms with van der Waals surface area (Å²) in [4.78, 5) is 64.9. The summed E-state index contributed by atoms with van der Waals surface area (Å²) >= 11 is 0. The summed E-state index contributed by atoms with van der Waals surface area (Å²) in [5.41, 5.74) is 0.976. The Labute approximate surface area is 207 Å². The number of unbranched alkanes of at least 4 members (excludes halogenated alkanes) is 2. The van der Waals surface area contributed by atoms with Crippen molar-refractivity contribution in [3.05, 3.63) is 29.8 Å². The summed E-state index contributed by atoms with van der Waals surface area (Å²) in [6.45, 7) is 3.41. The predicted molar refractivity (Wildman–Crippen MR) is 125 cm³/mol. The lowest BCUT2D eigenvalue weighted by Crippen LogP contribution is -2.45. The van der Waals surface area contributed by atoms with Gasteiger partial charge in [-0.1, -0.05) is 37.5 Å². The molecule has 1 aromatic carbocycles. The van der Waals surface area contributed by atoms with E-state index in [2.05, 4.69) is 28.2 Å². The molecule has 36 heavy (non-hydrogen) atoms. The van der Waals surface area contributed by atoms with Crippen molar-refractivity contribution >= 4 is 35.8 Å². The average Bonchev–Trinajstić information content (AvgIpc) is 2.82. The summed E-state index contributed by atoms with van der Waals surface area (Å²) in [6.07, 6.45) is 1.10. The van der Waals surface area contributed by atoms with Crippen LogP contribution in [0.5, 0.6) is 5.75 Å². The van der Waals surface area contributed by atoms with Crippen LogP contribution >= 0.6 is 0 Å². The van der Waals surface area contributed by atoms with Crippen LogP contribution in [-0.4, -0.2) is 83.4 Å². The Morgan fingerprint density at radius 3 is 1.78 bits per heavy atom. The number of aryl methyl sites for hydroxylation is 1. The number of urea groups is 1. The van der Waals surface area contributed by atoms with Gasteiger partial charge in [-0.3, -0.25) is 14.4 Å². The molecule has 14 nitrogen and oxygen atoms in total. The zero-order valence-electron chi connectivity index (χ0n) is 20.0. The van der Waals surface area contributed by atoms with E-state index in [1.165, 1.54) is 12.1 Å². The largest absolute Gasteiger partial charge is 0.480 e. The van der Waals surface area contributed by atoms with Crippen molar-refractivity contribution < 1.29 is 48.8 Å². The Hall–Kier alpha value is -4.36. The molecule has 0 atom stereocenters. The lowest BCUT2D eigenvalue weighted by atomic mass is 10.2. The number of hydrogen-bond acceptors (Lipinski definition) is 7. The first-order chi connectivity index (χ1) is 17.0. The maximum Gasteiger partial charge on any atom is 0.356 e. The predicted octanol–water partition coefficient (Wildman–Crippen LogP) is -0.296. The molecule has 0 saturated carbocycles. The van der Waals surface area contributed by atoms with Crippen LogP contribution in [0.4, 0.5) is 4.79 Å². The molecule has 0 aliphatic rings. The van der Waals surface area contributed by atoms with E-state index >= 15 is 0 Å². The number of aliphatic carboxylic acids is 3. The van der Waals surface area contributed by atoms with Gasteiger partial charge in [-0.15, -0.1) is 0 Å². The second-order valence-electron chi connectivity index (χ2n) is 7.25. The normalized spacial score (nSPS) is 9.75. The van der Waals surface area contributed by atoms with Crippen LogP contribution in [0.15, 0.2) is 24.3 Å². The lowest BCUT2D eigenvalue weighted by molar-refractivity contribution is -0.159. The maximum absolute atomic E-state index is 11.3. The highest BCUT2D eigenvalue weighted by Crippen LogP contribution is 2.13. The Bertz CT molecular complexity index is 875. The van der Waals surface area contributed by atoms with Crippen LogP contribution in [0.3, 0.4) is 0 Å². The molecule has 0 aromatic heterocycles. The van der Waals surface area contributed by atoms with E-state index in [9.17, 15) is 28.8 Å². The molecule has 4 amide bonds. The van der Waals surface area contributed by atoms with Gasteiger partial charge in [0.1, 0.15) is 12.3 Å². The smallest absolute Gasteiger partial charge is 0.356 e. The lowest BCUT2D eigenvalue weighted by Gasteiger charge is -2.10. The Morgan fingerprint density at radius 2 is 1.31 bits per heavy atom. The number of carbonyl (C=O) groups excluding carboxylic acids is 3. The topological polar surface area (TPSA) is 220 Å². The molecule has 0 aliphatic carbocycles. The van der Waals surface area contributed by atoms with Crippen LogP contribution < -0.4 is 26.0 Å². The molecule has 14 heteroatoms. The van der Waals surface area contributed by atoms with Crippen molar-refractivity contribution in [1.82, 2.24) is 21.3 Å². The number of benzene rings is 1. The minimum absolute atomic E-state index is 0.186. The van der Waals surface area contributed by atoms with Crippen LogP contribution in [-0.2, 0) is 24.0 Å². The van der Waals surface area contributed by atoms with Crippen molar-refractivity contribution in [2.24, 2.45) is 0 Å². The molecule has 0 spiro atoms. The third-order valence-corrected chi connectivity index (χ3v) is 4.08. The van der Waals surface area contributed by atoms with Gasteiger partial charge < -0.3 is 41.3 Å². The zero-order valence-corrected chi connectivity index (χ0v) is 20.0. The van der Waals surface area contributed by atoms with Gasteiger partial charge in [-0.2, -0.15) is 0 Å². The van der Waals surface area contributed by atoms with E-state index in [4.69, 9.17) is 20.1 Å². The fourth-order valence-corrected chi connectivity index (χ4v) is 2.24. The quantitative estimate of drug-likeness (QED) is 0.127. The average molecular weight is 513 g/mol. The monoisotopic (exact) mass is 512 g/mol. The molecule has 0 aliphatic heterocycles. The minimum Gasteiger partial charge on any atom is -0.480 e. The zero-order chi connectivity index (χ0) is 27.5. The minimum atomic E-state index is -1.87. The highest BCUT2D eigenvalue weighted by Gasteiger charge is 2.27. The number of hydrogen-bond donors (Lipinski definition) is 7. The molecular weight excluding hydrogens is 480 g/mol. The highest BCUT2D eigenvalue weighted by atomic mass is 16.5. The third kappa shape index (κ3) is 16.3. The van der Waals surface area contributed by atoms with E-state index < -0.39 is 42.5 Å². The molecule has 1 rings (SSSR count). The number of ether oxygens (including phenoxy) is 1. The Kier molecular flexibility index (Phi) is 15.8. The van der Waals surface area contributed by atoms with Gasteiger partial charge in [0.05, 0.1) is 13.1 Å². The third-order valence-electron chi connectivity index (χ3n) is 4.08. The van der Waals surface area contributed by atoms with Gasteiger partial charge >= 0.3 is 23.9 Å². The van der Waals surface area contributed by atoms with Gasteiger partial charge in [0.15, 0.2) is 0 Å². The standard InChI is InChI=1S/C12H22N4O5.C10H10O5/c1-2-3-4-5-13-9(17)6-15-12(21)16-7-10(18)14-8-11(19)20;1-6-2-4-7(5-3-6)15-8(9(11)12)10(13)14/h2-8H2,1H3,(H,13,17)(H,14,18)(H,19,20)(H2,15,16,21);2-5,8H,1H3,(H,11,12)(H,13,14). The maximum atomic E-state index is 11.3. The van der Waals surface area contributed by atoms with Crippen LogP contribution in [0.2, 0.25) is 0 Å². The van der Waals surface area contributed by atoms with Crippen molar-refractivity contribution in [3.63, 3.8) is 0 Å². The first-order valence-electron chi connectivity index (χ1n) is 10.9. The summed E-state index contributed by atoms with van der Waals surface area (Å²) in [5.74, 6) is -4.94.